The van der Waals surface area contributed by atoms with E-state index in [1.165, 1.54) is 24.3 Å². The molecule has 0 spiro atoms. The zero-order chi connectivity index (χ0) is 12.6. The molecule has 0 saturated carbocycles. The van der Waals surface area contributed by atoms with Gasteiger partial charge in [0.15, 0.2) is 6.07 Å². The molecule has 88 valence electrons. The first-order valence-corrected chi connectivity index (χ1v) is 4.36. The number of hydrogen-bond acceptors (Lipinski definition) is 5. The van der Waals surface area contributed by atoms with Gasteiger partial charge in [-0.2, -0.15) is 0 Å². The van der Waals surface area contributed by atoms with Crippen molar-refractivity contribution < 1.29 is 24.7 Å². The Hall–Kier alpha value is -2.02. The number of phenols is 1. The number of benzene rings is 1. The topological polar surface area (TPSA) is 110 Å². The average Bonchev–Trinajstić information content (AvgIpc) is 2.19. The molecule has 1 rings (SSSR count). The number of hydrogen-bond donors (Lipinski definition) is 2. The van der Waals surface area contributed by atoms with Crippen molar-refractivity contribution in [2.45, 2.75) is 0 Å². The predicted molar refractivity (Wildman–Crippen MR) is 54.6 cm³/mol. The highest BCUT2D eigenvalue weighted by Crippen LogP contribution is 2.14. The number of nitrogens with zero attached hydrogens (tertiary/aromatic N) is 1. The van der Waals surface area contributed by atoms with E-state index in [2.05, 4.69) is 4.74 Å². The molecule has 0 aliphatic rings. The second-order valence-electron chi connectivity index (χ2n) is 2.29. The molecule has 2 N–H and O–H groups in total. The van der Waals surface area contributed by atoms with E-state index in [4.69, 9.17) is 21.8 Å². The average molecular weight is 250 g/mol. The van der Waals surface area contributed by atoms with Crippen molar-refractivity contribution in [3.63, 3.8) is 0 Å². The Bertz CT molecular complexity index is 352. The molecular formula is C8H8ClNO6. The summed E-state index contributed by atoms with van der Waals surface area (Å²) < 4.78 is 3.72. The van der Waals surface area contributed by atoms with E-state index in [1.807, 2.05) is 0 Å². The monoisotopic (exact) mass is 249 g/mol. The maximum absolute atomic E-state index is 10.0. The van der Waals surface area contributed by atoms with Crippen molar-refractivity contribution in [3.8, 4) is 5.75 Å². The second-order valence-corrected chi connectivity index (χ2v) is 2.51. The van der Waals surface area contributed by atoms with Gasteiger partial charge in [-0.1, -0.05) is 11.6 Å². The number of carbonyl (C=O) groups is 1. The van der Waals surface area contributed by atoms with Crippen LogP contribution in [-0.2, 0) is 4.74 Å². The number of ether oxygens (including phenoxy) is 1. The normalized spacial score (nSPS) is 8.56. The Morgan fingerprint density at radius 1 is 1.44 bits per heavy atom. The van der Waals surface area contributed by atoms with Gasteiger partial charge < -0.3 is 14.9 Å². The Labute approximate surface area is 95.0 Å². The molecule has 0 atom stereocenters. The molecule has 0 bridgehead atoms. The van der Waals surface area contributed by atoms with E-state index in [-0.39, 0.29) is 17.5 Å². The summed E-state index contributed by atoms with van der Waals surface area (Å²) in [6, 6.07) is 4.75. The zero-order valence-corrected chi connectivity index (χ0v) is 8.63. The van der Waals surface area contributed by atoms with E-state index < -0.39 is 11.1 Å². The van der Waals surface area contributed by atoms with Crippen molar-refractivity contribution in [2.75, 3.05) is 6.07 Å². The molecular weight excluding hydrogens is 242 g/mol. The first-order chi connectivity index (χ1) is 7.47. The number of aromatic hydroxyl groups is 1. The molecule has 1 aromatic carbocycles. The lowest BCUT2D eigenvalue weighted by atomic mass is 10.3. The fourth-order valence-electron chi connectivity index (χ4n) is 0.621. The van der Waals surface area contributed by atoms with E-state index in [0.29, 0.717) is 0 Å². The van der Waals surface area contributed by atoms with Crippen LogP contribution in [0.2, 0.25) is 0 Å². The molecule has 0 aliphatic carbocycles. The summed E-state index contributed by atoms with van der Waals surface area (Å²) in [6.45, 7) is 0. The summed E-state index contributed by atoms with van der Waals surface area (Å²) >= 11 is 4.79. The van der Waals surface area contributed by atoms with Gasteiger partial charge in [-0.15, -0.1) is 0 Å². The standard InChI is InChI=1S/C6H5NO3.C2H3ClO3/c8-6-3-1-5(2-4-6)7(9)10;3-1-6-2(4)5/h1-4,8H;1H2,(H,4,5). The Morgan fingerprint density at radius 2 is 1.94 bits per heavy atom. The molecule has 0 saturated heterocycles. The third kappa shape index (κ3) is 6.44. The van der Waals surface area contributed by atoms with Crippen LogP contribution in [-0.4, -0.2) is 27.4 Å². The van der Waals surface area contributed by atoms with Crippen LogP contribution < -0.4 is 0 Å². The number of carboxylic acid groups (broad SMARTS) is 1. The maximum Gasteiger partial charge on any atom is 0.506 e. The van der Waals surface area contributed by atoms with Gasteiger partial charge in [-0.25, -0.2) is 4.79 Å². The Morgan fingerprint density at radius 3 is 2.19 bits per heavy atom. The summed E-state index contributed by atoms with van der Waals surface area (Å²) in [4.78, 5) is 18.8. The molecule has 0 aliphatic heterocycles. The highest BCUT2D eigenvalue weighted by molar-refractivity contribution is 6.17. The SMILES string of the molecule is O=C(O)OCCl.O=[N+]([O-])c1ccc(O)cc1. The minimum atomic E-state index is -1.34. The lowest BCUT2D eigenvalue weighted by molar-refractivity contribution is -0.384. The van der Waals surface area contributed by atoms with Crippen LogP contribution in [0, 0.1) is 10.1 Å². The minimum absolute atomic E-state index is 0.0159. The molecule has 0 unspecified atom stereocenters. The van der Waals surface area contributed by atoms with E-state index in [1.54, 1.807) is 0 Å². The van der Waals surface area contributed by atoms with Crippen LogP contribution >= 0.6 is 11.6 Å². The van der Waals surface area contributed by atoms with Gasteiger partial charge in [-0.3, -0.25) is 10.1 Å². The third-order valence-electron chi connectivity index (χ3n) is 1.24. The predicted octanol–water partition coefficient (Wildman–Crippen LogP) is 2.18. The van der Waals surface area contributed by atoms with Gasteiger partial charge in [0.05, 0.1) is 4.92 Å². The van der Waals surface area contributed by atoms with Gasteiger partial charge in [0.2, 0.25) is 0 Å². The van der Waals surface area contributed by atoms with Crippen LogP contribution in [0.5, 0.6) is 5.75 Å². The summed E-state index contributed by atoms with van der Waals surface area (Å²) in [5.74, 6) is 0.0330. The van der Waals surface area contributed by atoms with Crippen LogP contribution in [0.4, 0.5) is 10.5 Å². The summed E-state index contributed by atoms with van der Waals surface area (Å²) in [7, 11) is 0. The van der Waals surface area contributed by atoms with Crippen molar-refractivity contribution in [1.29, 1.82) is 0 Å². The maximum atomic E-state index is 10.0. The Balaban J connectivity index is 0.000000325. The van der Waals surface area contributed by atoms with Crippen molar-refractivity contribution in [2.24, 2.45) is 0 Å². The number of phenolic OH excluding ortho intramolecular Hbond substituents is 1. The number of nitro groups is 1. The Kier molecular flexibility index (Phi) is 6.37. The van der Waals surface area contributed by atoms with Gasteiger partial charge in [-0.05, 0) is 12.1 Å². The minimum Gasteiger partial charge on any atom is -0.508 e. The van der Waals surface area contributed by atoms with Crippen molar-refractivity contribution >= 4 is 23.4 Å². The van der Waals surface area contributed by atoms with Crippen LogP contribution in [0.25, 0.3) is 0 Å². The number of rotatable bonds is 2. The molecule has 0 heterocycles. The van der Waals surface area contributed by atoms with Gasteiger partial charge in [0.25, 0.3) is 5.69 Å². The largest absolute Gasteiger partial charge is 0.508 e. The first-order valence-electron chi connectivity index (χ1n) is 3.82. The molecule has 0 aromatic heterocycles. The van der Waals surface area contributed by atoms with Crippen LogP contribution in [0.3, 0.4) is 0 Å². The number of non-ortho nitro benzene ring substituents is 1. The first kappa shape index (κ1) is 14.0. The second kappa shape index (κ2) is 7.30. The van der Waals surface area contributed by atoms with E-state index >= 15 is 0 Å². The molecule has 0 fully saturated rings. The van der Waals surface area contributed by atoms with Gasteiger partial charge in [0.1, 0.15) is 5.75 Å². The van der Waals surface area contributed by atoms with Crippen LogP contribution in [0.15, 0.2) is 24.3 Å². The number of halogens is 1. The lowest BCUT2D eigenvalue weighted by Crippen LogP contribution is -1.95. The zero-order valence-electron chi connectivity index (χ0n) is 7.87. The summed E-state index contributed by atoms with van der Waals surface area (Å²) in [5.41, 5.74) is -0.0159. The number of alkyl halides is 1. The number of nitro benzene ring substituents is 1. The fraction of sp³-hybridized carbons (Fsp3) is 0.125. The van der Waals surface area contributed by atoms with E-state index in [9.17, 15) is 14.9 Å². The van der Waals surface area contributed by atoms with E-state index in [0.717, 1.165) is 0 Å². The van der Waals surface area contributed by atoms with Gasteiger partial charge in [0, 0.05) is 12.1 Å². The smallest absolute Gasteiger partial charge is 0.506 e. The highest BCUT2D eigenvalue weighted by Gasteiger charge is 2.01. The molecule has 16 heavy (non-hydrogen) atoms. The molecule has 0 amide bonds. The molecule has 7 nitrogen and oxygen atoms in total. The van der Waals surface area contributed by atoms with Crippen LogP contribution in [0.1, 0.15) is 0 Å². The summed E-state index contributed by atoms with van der Waals surface area (Å²) in [5, 5.41) is 26.4. The quantitative estimate of drug-likeness (QED) is 0.360. The molecule has 8 heteroatoms. The third-order valence-corrected chi connectivity index (χ3v) is 1.35. The van der Waals surface area contributed by atoms with Crippen molar-refractivity contribution in [1.82, 2.24) is 0 Å². The summed E-state index contributed by atoms with van der Waals surface area (Å²) in [6.07, 6.45) is -1.34. The molecule has 0 radical (unpaired) electrons. The fourth-order valence-corrected chi connectivity index (χ4v) is 0.714. The van der Waals surface area contributed by atoms with Gasteiger partial charge >= 0.3 is 6.16 Å². The van der Waals surface area contributed by atoms with Crippen molar-refractivity contribution in [3.05, 3.63) is 34.4 Å². The lowest BCUT2D eigenvalue weighted by Gasteiger charge is -1.89. The molecule has 1 aromatic rings. The highest BCUT2D eigenvalue weighted by atomic mass is 35.5.